The molecule has 0 aromatic heterocycles. The number of carbonyl (C=O) groups is 2. The van der Waals surface area contributed by atoms with Crippen molar-refractivity contribution >= 4 is 11.9 Å². The number of rotatable bonds is 6. The van der Waals surface area contributed by atoms with Crippen LogP contribution < -0.4 is 0 Å². The van der Waals surface area contributed by atoms with Crippen molar-refractivity contribution in [2.75, 3.05) is 0 Å². The molecule has 6 nitrogen and oxygen atoms in total. The van der Waals surface area contributed by atoms with Crippen molar-refractivity contribution in [3.8, 4) is 0 Å². The molecule has 0 bridgehead atoms. The molecular weight excluding hydrogens is 204 g/mol. The summed E-state index contributed by atoms with van der Waals surface area (Å²) in [6.45, 7) is 1.97. The summed E-state index contributed by atoms with van der Waals surface area (Å²) in [5, 5.41) is 16.2. The van der Waals surface area contributed by atoms with E-state index in [-0.39, 0.29) is 5.57 Å². The lowest BCUT2D eigenvalue weighted by Crippen LogP contribution is -2.11. The van der Waals surface area contributed by atoms with Gasteiger partial charge in [0.1, 0.15) is 0 Å². The van der Waals surface area contributed by atoms with Crippen molar-refractivity contribution in [2.45, 2.75) is 32.6 Å². The van der Waals surface area contributed by atoms with Crippen LogP contribution in [0.3, 0.4) is 0 Å². The molecule has 86 valence electrons. The molecule has 2 N–H and O–H groups in total. The minimum atomic E-state index is -1.02. The largest absolute Gasteiger partial charge is 0.369 e. The number of carbonyl (C=O) groups excluding carboxylic acids is 2. The quantitative estimate of drug-likeness (QED) is 0.304. The third kappa shape index (κ3) is 5.82. The maximum Gasteiger partial charge on any atom is 0.369 e. The van der Waals surface area contributed by atoms with Crippen LogP contribution in [0, 0.1) is 0 Å². The van der Waals surface area contributed by atoms with Crippen LogP contribution >= 0.6 is 0 Å². The molecule has 6 heteroatoms. The van der Waals surface area contributed by atoms with E-state index < -0.39 is 18.4 Å². The van der Waals surface area contributed by atoms with Gasteiger partial charge < -0.3 is 4.89 Å². The summed E-state index contributed by atoms with van der Waals surface area (Å²) in [6.07, 6.45) is 3.40. The molecule has 0 heterocycles. The van der Waals surface area contributed by atoms with E-state index in [0.29, 0.717) is 6.42 Å². The van der Waals surface area contributed by atoms with Gasteiger partial charge in [0.25, 0.3) is 0 Å². The Hall–Kier alpha value is -1.40. The number of unbranched alkanes of at least 4 members (excludes halogenated alkanes) is 2. The summed E-state index contributed by atoms with van der Waals surface area (Å²) in [6, 6.07) is 0. The van der Waals surface area contributed by atoms with Gasteiger partial charge in [-0.3, -0.25) is 4.89 Å². The van der Waals surface area contributed by atoms with Crippen molar-refractivity contribution in [3.05, 3.63) is 11.6 Å². The second-order valence-electron chi connectivity index (χ2n) is 2.89. The molecule has 0 aliphatic carbocycles. The maximum absolute atomic E-state index is 10.9. The Morgan fingerprint density at radius 2 is 1.93 bits per heavy atom. The van der Waals surface area contributed by atoms with E-state index in [2.05, 4.69) is 9.78 Å². The third-order valence-corrected chi connectivity index (χ3v) is 1.73. The van der Waals surface area contributed by atoms with Gasteiger partial charge in [-0.05, 0) is 6.42 Å². The molecule has 0 fully saturated rings. The molecule has 0 atom stereocenters. The van der Waals surface area contributed by atoms with E-state index >= 15 is 0 Å². The molecule has 0 radical (unpaired) electrons. The van der Waals surface area contributed by atoms with Gasteiger partial charge >= 0.3 is 11.9 Å². The summed E-state index contributed by atoms with van der Waals surface area (Å²) >= 11 is 0. The van der Waals surface area contributed by atoms with E-state index in [1.165, 1.54) is 6.08 Å². The third-order valence-electron chi connectivity index (χ3n) is 1.73. The molecule has 0 saturated carbocycles. The second-order valence-corrected chi connectivity index (χ2v) is 2.89. The van der Waals surface area contributed by atoms with Gasteiger partial charge in [0.05, 0.1) is 6.42 Å². The fourth-order valence-electron chi connectivity index (χ4n) is 0.954. The Labute approximate surface area is 87.0 Å². The van der Waals surface area contributed by atoms with Crippen molar-refractivity contribution < 1.29 is 29.9 Å². The molecule has 0 aliphatic heterocycles. The molecule has 0 aliphatic rings. The van der Waals surface area contributed by atoms with Crippen LogP contribution in [-0.2, 0) is 19.4 Å². The molecule has 0 saturated heterocycles. The fourth-order valence-corrected chi connectivity index (χ4v) is 0.954. The Morgan fingerprint density at radius 1 is 1.27 bits per heavy atom. The SMILES string of the molecule is CCCCC=C(CC(=O)OO)C(=O)OO. The molecule has 0 rings (SSSR count). The van der Waals surface area contributed by atoms with Crippen molar-refractivity contribution in [3.63, 3.8) is 0 Å². The molecule has 0 spiro atoms. The highest BCUT2D eigenvalue weighted by Gasteiger charge is 2.16. The number of hydrogen-bond donors (Lipinski definition) is 2. The van der Waals surface area contributed by atoms with Crippen LogP contribution in [0.5, 0.6) is 0 Å². The Balaban J connectivity index is 4.36. The lowest BCUT2D eigenvalue weighted by Gasteiger charge is -2.01. The summed E-state index contributed by atoms with van der Waals surface area (Å²) in [5.41, 5.74) is -0.0370. The summed E-state index contributed by atoms with van der Waals surface area (Å²) < 4.78 is 0. The summed E-state index contributed by atoms with van der Waals surface area (Å²) in [5.74, 6) is -2.00. The van der Waals surface area contributed by atoms with Crippen LogP contribution in [0.4, 0.5) is 0 Å². The second kappa shape index (κ2) is 7.95. The molecule has 0 unspecified atom stereocenters. The highest BCUT2D eigenvalue weighted by molar-refractivity contribution is 5.93. The van der Waals surface area contributed by atoms with Gasteiger partial charge in [-0.15, -0.1) is 0 Å². The zero-order valence-electron chi connectivity index (χ0n) is 8.43. The molecular formula is C9H14O6. The van der Waals surface area contributed by atoms with Gasteiger partial charge in [-0.2, -0.15) is 10.5 Å². The molecule has 15 heavy (non-hydrogen) atoms. The van der Waals surface area contributed by atoms with Crippen molar-refractivity contribution in [1.29, 1.82) is 0 Å². The predicted molar refractivity (Wildman–Crippen MR) is 49.7 cm³/mol. The zero-order chi connectivity index (χ0) is 11.7. The summed E-state index contributed by atoms with van der Waals surface area (Å²) in [4.78, 5) is 28.5. The van der Waals surface area contributed by atoms with Gasteiger partial charge in [0, 0.05) is 5.57 Å². The number of hydrogen-bond acceptors (Lipinski definition) is 6. The fraction of sp³-hybridized carbons (Fsp3) is 0.556. The van der Waals surface area contributed by atoms with Crippen LogP contribution in [0.2, 0.25) is 0 Å². The Kier molecular flexibility index (Phi) is 7.21. The minimum Gasteiger partial charge on any atom is -0.301 e. The lowest BCUT2D eigenvalue weighted by molar-refractivity contribution is -0.236. The molecule has 0 amide bonds. The normalized spacial score (nSPS) is 11.0. The van der Waals surface area contributed by atoms with Crippen molar-refractivity contribution in [1.82, 2.24) is 0 Å². The molecule has 0 aromatic rings. The van der Waals surface area contributed by atoms with E-state index in [0.717, 1.165) is 12.8 Å². The molecule has 0 aromatic carbocycles. The first-order valence-electron chi connectivity index (χ1n) is 4.54. The van der Waals surface area contributed by atoms with Gasteiger partial charge in [-0.25, -0.2) is 9.59 Å². The minimum absolute atomic E-state index is 0.0370. The van der Waals surface area contributed by atoms with E-state index in [4.69, 9.17) is 10.5 Å². The predicted octanol–water partition coefficient (Wildman–Crippen LogP) is 1.53. The monoisotopic (exact) mass is 218 g/mol. The van der Waals surface area contributed by atoms with Gasteiger partial charge in [-0.1, -0.05) is 25.8 Å². The Morgan fingerprint density at radius 3 is 2.40 bits per heavy atom. The standard InChI is InChI=1S/C9H14O6/c1-2-3-4-5-7(9(11)15-13)6-8(10)14-12/h5,12-13H,2-4,6H2,1H3. The lowest BCUT2D eigenvalue weighted by atomic mass is 10.1. The summed E-state index contributed by atoms with van der Waals surface area (Å²) in [7, 11) is 0. The highest BCUT2D eigenvalue weighted by Crippen LogP contribution is 2.08. The van der Waals surface area contributed by atoms with E-state index in [9.17, 15) is 9.59 Å². The maximum atomic E-state index is 10.9. The smallest absolute Gasteiger partial charge is 0.301 e. The number of allylic oxidation sites excluding steroid dienone is 1. The average Bonchev–Trinajstić information content (AvgIpc) is 2.26. The zero-order valence-corrected chi connectivity index (χ0v) is 8.43. The van der Waals surface area contributed by atoms with E-state index in [1.807, 2.05) is 6.92 Å². The first-order chi connectivity index (χ1) is 7.15. The Bertz CT molecular complexity index is 245. The topological polar surface area (TPSA) is 93.1 Å². The average molecular weight is 218 g/mol. The van der Waals surface area contributed by atoms with Crippen LogP contribution in [0.25, 0.3) is 0 Å². The van der Waals surface area contributed by atoms with Gasteiger partial charge in [0.2, 0.25) is 0 Å². The van der Waals surface area contributed by atoms with E-state index in [1.54, 1.807) is 0 Å². The van der Waals surface area contributed by atoms with Crippen LogP contribution in [0.15, 0.2) is 11.6 Å². The first kappa shape index (κ1) is 13.6. The van der Waals surface area contributed by atoms with Crippen molar-refractivity contribution in [2.24, 2.45) is 0 Å². The van der Waals surface area contributed by atoms with Crippen LogP contribution in [0.1, 0.15) is 32.6 Å². The van der Waals surface area contributed by atoms with Gasteiger partial charge in [0.15, 0.2) is 0 Å². The van der Waals surface area contributed by atoms with Crippen LogP contribution in [-0.4, -0.2) is 22.5 Å². The first-order valence-corrected chi connectivity index (χ1v) is 4.54. The highest BCUT2D eigenvalue weighted by atomic mass is 17.1.